The molecule has 1 aliphatic carbocycles. The van der Waals surface area contributed by atoms with Crippen molar-refractivity contribution in [2.75, 3.05) is 7.11 Å². The highest BCUT2D eigenvalue weighted by Crippen LogP contribution is 2.40. The quantitative estimate of drug-likeness (QED) is 0.899. The molecule has 0 saturated heterocycles. The molecule has 1 heterocycles. The molecule has 5 nitrogen and oxygen atoms in total. The van der Waals surface area contributed by atoms with Crippen LogP contribution in [-0.4, -0.2) is 28.5 Å². The van der Waals surface area contributed by atoms with Crippen molar-refractivity contribution in [3.05, 3.63) is 11.7 Å². The normalized spacial score (nSPS) is 28.8. The molecule has 1 atom stereocenters. The minimum Gasteiger partial charge on any atom is -0.392 e. The van der Waals surface area contributed by atoms with Gasteiger partial charge in [0.15, 0.2) is 0 Å². The Kier molecular flexibility index (Phi) is 4.81. The first kappa shape index (κ1) is 15.4. The molecule has 1 aliphatic rings. The molecule has 2 rings (SSSR count). The summed E-state index contributed by atoms with van der Waals surface area (Å²) in [5.41, 5.74) is -0.406. The van der Waals surface area contributed by atoms with Gasteiger partial charge in [0, 0.05) is 7.11 Å². The summed E-state index contributed by atoms with van der Waals surface area (Å²) < 4.78 is 11.0. The molecular formula is C15H26N2O3. The van der Waals surface area contributed by atoms with Crippen molar-refractivity contribution < 1.29 is 14.4 Å². The molecule has 1 unspecified atom stereocenters. The Morgan fingerprint density at radius 3 is 2.60 bits per heavy atom. The summed E-state index contributed by atoms with van der Waals surface area (Å²) in [6.45, 7) is 6.21. The van der Waals surface area contributed by atoms with Gasteiger partial charge in [0.1, 0.15) is 5.60 Å². The summed E-state index contributed by atoms with van der Waals surface area (Å²) in [6, 6.07) is 0. The van der Waals surface area contributed by atoms with Crippen LogP contribution < -0.4 is 0 Å². The van der Waals surface area contributed by atoms with E-state index in [2.05, 4.69) is 17.1 Å². The fraction of sp³-hybridized carbons (Fsp3) is 0.867. The Morgan fingerprint density at radius 1 is 1.40 bits per heavy atom. The highest BCUT2D eigenvalue weighted by molar-refractivity contribution is 5.04. The maximum atomic E-state index is 9.90. The van der Waals surface area contributed by atoms with E-state index in [0.717, 1.165) is 31.6 Å². The maximum Gasteiger partial charge on any atom is 0.229 e. The summed E-state index contributed by atoms with van der Waals surface area (Å²) in [7, 11) is 1.72. The average molecular weight is 282 g/mol. The molecular weight excluding hydrogens is 256 g/mol. The summed E-state index contributed by atoms with van der Waals surface area (Å²) in [4.78, 5) is 4.46. The van der Waals surface area contributed by atoms with Crippen molar-refractivity contribution in [3.63, 3.8) is 0 Å². The number of hydrogen-bond donors (Lipinski definition) is 1. The van der Waals surface area contributed by atoms with Gasteiger partial charge in [0.2, 0.25) is 11.7 Å². The number of aromatic nitrogens is 2. The molecule has 5 heteroatoms. The first-order chi connectivity index (χ1) is 9.47. The van der Waals surface area contributed by atoms with E-state index in [1.807, 2.05) is 13.8 Å². The van der Waals surface area contributed by atoms with Gasteiger partial charge in [-0.2, -0.15) is 4.98 Å². The van der Waals surface area contributed by atoms with Gasteiger partial charge in [0.25, 0.3) is 0 Å². The third-order valence-corrected chi connectivity index (χ3v) is 4.50. The van der Waals surface area contributed by atoms with Crippen LogP contribution in [0.2, 0.25) is 0 Å². The molecule has 0 aliphatic heterocycles. The second kappa shape index (κ2) is 6.22. The van der Waals surface area contributed by atoms with Crippen molar-refractivity contribution in [3.8, 4) is 0 Å². The van der Waals surface area contributed by atoms with Gasteiger partial charge in [-0.05, 0) is 37.5 Å². The van der Waals surface area contributed by atoms with Gasteiger partial charge in [0.05, 0.1) is 12.5 Å². The Balaban J connectivity index is 2.10. The lowest BCUT2D eigenvalue weighted by atomic mass is 9.79. The highest BCUT2D eigenvalue weighted by atomic mass is 16.5. The lowest BCUT2D eigenvalue weighted by molar-refractivity contribution is -0.0609. The van der Waals surface area contributed by atoms with Crippen LogP contribution in [0.3, 0.4) is 0 Å². The predicted octanol–water partition coefficient (Wildman–Crippen LogP) is 2.68. The fourth-order valence-electron chi connectivity index (χ4n) is 2.68. The molecule has 1 fully saturated rings. The minimum absolute atomic E-state index is 0.178. The Morgan fingerprint density at radius 2 is 2.05 bits per heavy atom. The average Bonchev–Trinajstić information content (AvgIpc) is 2.89. The van der Waals surface area contributed by atoms with E-state index in [0.29, 0.717) is 18.1 Å². The fourth-order valence-corrected chi connectivity index (χ4v) is 2.68. The number of aliphatic hydroxyl groups is 1. The Hall–Kier alpha value is -0.940. The SMILES string of the molecule is COC1(c2noc(CC(O)C(C)C)n2)CCC(C)CC1. The van der Waals surface area contributed by atoms with Gasteiger partial charge >= 0.3 is 0 Å². The standard InChI is InChI=1S/C15H26N2O3/c1-10(2)12(18)9-13-16-14(17-20-13)15(19-4)7-5-11(3)6-8-15/h10-12,18H,5-9H2,1-4H3. The van der Waals surface area contributed by atoms with E-state index in [9.17, 15) is 5.11 Å². The number of methoxy groups -OCH3 is 1. The predicted molar refractivity (Wildman–Crippen MR) is 75.2 cm³/mol. The molecule has 0 radical (unpaired) electrons. The topological polar surface area (TPSA) is 68.4 Å². The molecule has 1 saturated carbocycles. The van der Waals surface area contributed by atoms with Crippen LogP contribution in [-0.2, 0) is 16.8 Å². The molecule has 1 N–H and O–H groups in total. The second-order valence-electron chi connectivity index (χ2n) is 6.41. The molecule has 1 aromatic rings. The van der Waals surface area contributed by atoms with Gasteiger partial charge in [-0.1, -0.05) is 25.9 Å². The Labute approximate surface area is 120 Å². The van der Waals surface area contributed by atoms with Crippen molar-refractivity contribution in [2.45, 2.75) is 64.6 Å². The zero-order valence-corrected chi connectivity index (χ0v) is 12.9. The summed E-state index contributed by atoms with van der Waals surface area (Å²) in [5.74, 6) is 2.04. The highest BCUT2D eigenvalue weighted by Gasteiger charge is 2.40. The van der Waals surface area contributed by atoms with Gasteiger partial charge in [-0.25, -0.2) is 0 Å². The van der Waals surface area contributed by atoms with E-state index >= 15 is 0 Å². The molecule has 0 aromatic carbocycles. The van der Waals surface area contributed by atoms with E-state index in [1.54, 1.807) is 7.11 Å². The summed E-state index contributed by atoms with van der Waals surface area (Å²) in [6.07, 6.45) is 4.04. The Bertz CT molecular complexity index is 423. The monoisotopic (exact) mass is 282 g/mol. The van der Waals surface area contributed by atoms with E-state index in [4.69, 9.17) is 9.26 Å². The lowest BCUT2D eigenvalue weighted by Crippen LogP contribution is -2.34. The van der Waals surface area contributed by atoms with Crippen LogP contribution in [0, 0.1) is 11.8 Å². The number of aliphatic hydroxyl groups excluding tert-OH is 1. The number of nitrogens with zero attached hydrogens (tertiary/aromatic N) is 2. The number of ether oxygens (including phenoxy) is 1. The van der Waals surface area contributed by atoms with Gasteiger partial charge in [-0.3, -0.25) is 0 Å². The molecule has 1 aromatic heterocycles. The van der Waals surface area contributed by atoms with Crippen LogP contribution in [0.15, 0.2) is 4.52 Å². The van der Waals surface area contributed by atoms with Crippen molar-refractivity contribution in [1.29, 1.82) is 0 Å². The smallest absolute Gasteiger partial charge is 0.229 e. The second-order valence-corrected chi connectivity index (χ2v) is 6.41. The van der Waals surface area contributed by atoms with Gasteiger partial charge in [-0.15, -0.1) is 0 Å². The molecule has 114 valence electrons. The van der Waals surface area contributed by atoms with Crippen LogP contribution >= 0.6 is 0 Å². The van der Waals surface area contributed by atoms with Crippen molar-refractivity contribution in [1.82, 2.24) is 10.1 Å². The van der Waals surface area contributed by atoms with E-state index in [-0.39, 0.29) is 5.92 Å². The molecule has 20 heavy (non-hydrogen) atoms. The number of hydrogen-bond acceptors (Lipinski definition) is 5. The minimum atomic E-state index is -0.451. The van der Waals surface area contributed by atoms with E-state index in [1.165, 1.54) is 0 Å². The third kappa shape index (κ3) is 3.20. The number of rotatable bonds is 5. The first-order valence-electron chi connectivity index (χ1n) is 7.53. The van der Waals surface area contributed by atoms with E-state index < -0.39 is 11.7 Å². The third-order valence-electron chi connectivity index (χ3n) is 4.50. The molecule has 0 bridgehead atoms. The largest absolute Gasteiger partial charge is 0.392 e. The van der Waals surface area contributed by atoms with Crippen LogP contribution in [0.5, 0.6) is 0 Å². The van der Waals surface area contributed by atoms with Gasteiger partial charge < -0.3 is 14.4 Å². The van der Waals surface area contributed by atoms with Crippen LogP contribution in [0.1, 0.15) is 58.2 Å². The van der Waals surface area contributed by atoms with Crippen molar-refractivity contribution >= 4 is 0 Å². The summed E-state index contributed by atoms with van der Waals surface area (Å²) >= 11 is 0. The first-order valence-corrected chi connectivity index (χ1v) is 7.53. The zero-order valence-electron chi connectivity index (χ0n) is 12.9. The maximum absolute atomic E-state index is 9.90. The molecule has 0 amide bonds. The molecule has 0 spiro atoms. The lowest BCUT2D eigenvalue weighted by Gasteiger charge is -2.35. The summed E-state index contributed by atoms with van der Waals surface area (Å²) in [5, 5.41) is 14.0. The van der Waals surface area contributed by atoms with Crippen molar-refractivity contribution in [2.24, 2.45) is 11.8 Å². The zero-order chi connectivity index (χ0) is 14.8. The van der Waals surface area contributed by atoms with Crippen LogP contribution in [0.4, 0.5) is 0 Å². The van der Waals surface area contributed by atoms with Crippen LogP contribution in [0.25, 0.3) is 0 Å².